The number of benzene rings is 1. The SMILES string of the molecule is CCCNC(CSC(C)CC)c1ccc(C)c(F)c1. The van der Waals surface area contributed by atoms with Gasteiger partial charge in [-0.1, -0.05) is 32.9 Å². The summed E-state index contributed by atoms with van der Waals surface area (Å²) in [5, 5.41) is 4.18. The Kier molecular flexibility index (Phi) is 7.47. The molecule has 0 spiro atoms. The van der Waals surface area contributed by atoms with Crippen LogP contribution in [-0.2, 0) is 0 Å². The van der Waals surface area contributed by atoms with E-state index in [4.69, 9.17) is 0 Å². The van der Waals surface area contributed by atoms with Crippen LogP contribution in [0.15, 0.2) is 18.2 Å². The van der Waals surface area contributed by atoms with Crippen molar-refractivity contribution in [3.8, 4) is 0 Å². The maximum absolute atomic E-state index is 13.7. The Labute approximate surface area is 121 Å². The molecule has 0 saturated heterocycles. The summed E-state index contributed by atoms with van der Waals surface area (Å²) >= 11 is 1.95. The van der Waals surface area contributed by atoms with Gasteiger partial charge in [0.1, 0.15) is 5.82 Å². The molecule has 0 aliphatic rings. The minimum atomic E-state index is -0.102. The largest absolute Gasteiger partial charge is 0.309 e. The smallest absolute Gasteiger partial charge is 0.126 e. The van der Waals surface area contributed by atoms with Gasteiger partial charge < -0.3 is 5.32 Å². The Morgan fingerprint density at radius 3 is 2.63 bits per heavy atom. The molecule has 108 valence electrons. The number of thioether (sulfide) groups is 1. The summed E-state index contributed by atoms with van der Waals surface area (Å²) in [5.74, 6) is 0.895. The highest BCUT2D eigenvalue weighted by Crippen LogP contribution is 2.24. The fourth-order valence-electron chi connectivity index (χ4n) is 1.80. The van der Waals surface area contributed by atoms with Crippen LogP contribution >= 0.6 is 11.8 Å². The lowest BCUT2D eigenvalue weighted by atomic mass is 10.1. The first-order valence-corrected chi connectivity index (χ1v) is 8.24. The van der Waals surface area contributed by atoms with Gasteiger partial charge in [-0.25, -0.2) is 4.39 Å². The second-order valence-corrected chi connectivity index (χ2v) is 6.54. The lowest BCUT2D eigenvalue weighted by Gasteiger charge is -2.21. The Bertz CT molecular complexity index is 381. The zero-order chi connectivity index (χ0) is 14.3. The number of hydrogen-bond donors (Lipinski definition) is 1. The third-order valence-corrected chi connectivity index (χ3v) is 4.79. The molecule has 2 unspecified atom stereocenters. The van der Waals surface area contributed by atoms with Crippen molar-refractivity contribution in [2.45, 2.75) is 51.8 Å². The first-order chi connectivity index (χ1) is 9.08. The zero-order valence-corrected chi connectivity index (χ0v) is 13.3. The van der Waals surface area contributed by atoms with E-state index in [1.165, 1.54) is 6.42 Å². The van der Waals surface area contributed by atoms with Gasteiger partial charge >= 0.3 is 0 Å². The van der Waals surface area contributed by atoms with Crippen molar-refractivity contribution in [2.75, 3.05) is 12.3 Å². The van der Waals surface area contributed by atoms with Gasteiger partial charge in [-0.2, -0.15) is 11.8 Å². The van der Waals surface area contributed by atoms with Crippen molar-refractivity contribution in [1.29, 1.82) is 0 Å². The topological polar surface area (TPSA) is 12.0 Å². The lowest BCUT2D eigenvalue weighted by Crippen LogP contribution is -2.25. The summed E-state index contributed by atoms with van der Waals surface area (Å²) in [7, 11) is 0. The molecule has 19 heavy (non-hydrogen) atoms. The standard InChI is InChI=1S/C16H26FNS/c1-5-9-18-16(11-19-13(4)6-2)14-8-7-12(3)15(17)10-14/h7-8,10,13,16,18H,5-6,9,11H2,1-4H3. The van der Waals surface area contributed by atoms with Gasteiger partial charge in [-0.05, 0) is 43.5 Å². The third kappa shape index (κ3) is 5.53. The molecule has 0 fully saturated rings. The number of nitrogens with one attached hydrogen (secondary N) is 1. The average Bonchev–Trinajstić information content (AvgIpc) is 2.42. The highest BCUT2D eigenvalue weighted by Gasteiger charge is 2.13. The highest BCUT2D eigenvalue weighted by atomic mass is 32.2. The predicted molar refractivity (Wildman–Crippen MR) is 84.4 cm³/mol. The third-order valence-electron chi connectivity index (χ3n) is 3.36. The molecule has 1 rings (SSSR count). The molecule has 0 saturated carbocycles. The summed E-state index contributed by atoms with van der Waals surface area (Å²) in [5.41, 5.74) is 1.78. The minimum Gasteiger partial charge on any atom is -0.309 e. The quantitative estimate of drug-likeness (QED) is 0.741. The van der Waals surface area contributed by atoms with E-state index in [0.29, 0.717) is 10.8 Å². The maximum atomic E-state index is 13.7. The van der Waals surface area contributed by atoms with E-state index in [9.17, 15) is 4.39 Å². The van der Waals surface area contributed by atoms with Crippen LogP contribution in [0.3, 0.4) is 0 Å². The summed E-state index contributed by atoms with van der Waals surface area (Å²) in [6, 6.07) is 5.84. The van der Waals surface area contributed by atoms with Gasteiger partial charge in [0.15, 0.2) is 0 Å². The summed E-state index contributed by atoms with van der Waals surface area (Å²) in [6.45, 7) is 9.39. The van der Waals surface area contributed by atoms with Gasteiger partial charge in [0.2, 0.25) is 0 Å². The van der Waals surface area contributed by atoms with Crippen LogP contribution in [0.5, 0.6) is 0 Å². The van der Waals surface area contributed by atoms with E-state index in [2.05, 4.69) is 26.1 Å². The first-order valence-electron chi connectivity index (χ1n) is 7.19. The normalized spacial score (nSPS) is 14.4. The molecule has 0 amide bonds. The Morgan fingerprint density at radius 1 is 1.32 bits per heavy atom. The van der Waals surface area contributed by atoms with Crippen LogP contribution in [0.1, 0.15) is 50.8 Å². The molecular weight excluding hydrogens is 257 g/mol. The number of halogens is 1. The van der Waals surface area contributed by atoms with Gasteiger partial charge in [0, 0.05) is 17.0 Å². The monoisotopic (exact) mass is 283 g/mol. The molecule has 1 nitrogen and oxygen atoms in total. The Morgan fingerprint density at radius 2 is 2.05 bits per heavy atom. The van der Waals surface area contributed by atoms with Crippen LogP contribution in [0.25, 0.3) is 0 Å². The van der Waals surface area contributed by atoms with Crippen molar-refractivity contribution in [2.24, 2.45) is 0 Å². The summed E-state index contributed by atoms with van der Waals surface area (Å²) in [6.07, 6.45) is 2.27. The predicted octanol–water partition coefficient (Wildman–Crippen LogP) is 4.71. The second kappa shape index (κ2) is 8.60. The van der Waals surface area contributed by atoms with Crippen molar-refractivity contribution in [1.82, 2.24) is 5.32 Å². The molecule has 3 heteroatoms. The van der Waals surface area contributed by atoms with Gasteiger partial charge in [0.25, 0.3) is 0 Å². The van der Waals surface area contributed by atoms with Crippen LogP contribution in [-0.4, -0.2) is 17.5 Å². The van der Waals surface area contributed by atoms with Gasteiger partial charge in [0.05, 0.1) is 0 Å². The van der Waals surface area contributed by atoms with Gasteiger partial charge in [-0.15, -0.1) is 0 Å². The van der Waals surface area contributed by atoms with Crippen molar-refractivity contribution in [3.63, 3.8) is 0 Å². The molecule has 0 aromatic heterocycles. The van der Waals surface area contributed by atoms with E-state index < -0.39 is 0 Å². The van der Waals surface area contributed by atoms with Crippen LogP contribution in [0.4, 0.5) is 4.39 Å². The van der Waals surface area contributed by atoms with Gasteiger partial charge in [-0.3, -0.25) is 0 Å². The van der Waals surface area contributed by atoms with Crippen LogP contribution in [0, 0.1) is 12.7 Å². The van der Waals surface area contributed by atoms with Crippen molar-refractivity contribution in [3.05, 3.63) is 35.1 Å². The molecule has 1 N–H and O–H groups in total. The van der Waals surface area contributed by atoms with E-state index in [1.54, 1.807) is 6.07 Å². The fraction of sp³-hybridized carbons (Fsp3) is 0.625. The van der Waals surface area contributed by atoms with Crippen LogP contribution in [0.2, 0.25) is 0 Å². The van der Waals surface area contributed by atoms with Crippen molar-refractivity contribution >= 4 is 11.8 Å². The molecule has 0 aliphatic heterocycles. The molecule has 0 radical (unpaired) electrons. The lowest BCUT2D eigenvalue weighted by molar-refractivity contribution is 0.565. The molecule has 1 aromatic rings. The highest BCUT2D eigenvalue weighted by molar-refractivity contribution is 7.99. The van der Waals surface area contributed by atoms with Crippen LogP contribution < -0.4 is 5.32 Å². The Hall–Kier alpha value is -0.540. The average molecular weight is 283 g/mol. The summed E-state index contributed by atoms with van der Waals surface area (Å²) < 4.78 is 13.7. The van der Waals surface area contributed by atoms with E-state index in [0.717, 1.165) is 24.3 Å². The molecular formula is C16H26FNS. The number of aryl methyl sites for hydroxylation is 1. The van der Waals surface area contributed by atoms with E-state index >= 15 is 0 Å². The number of rotatable bonds is 8. The zero-order valence-electron chi connectivity index (χ0n) is 12.5. The molecule has 0 aliphatic carbocycles. The fourth-order valence-corrected chi connectivity index (χ4v) is 2.86. The molecule has 0 heterocycles. The summed E-state index contributed by atoms with van der Waals surface area (Å²) in [4.78, 5) is 0. The first kappa shape index (κ1) is 16.5. The minimum absolute atomic E-state index is 0.102. The second-order valence-electron chi connectivity index (χ2n) is 5.07. The van der Waals surface area contributed by atoms with E-state index in [1.807, 2.05) is 30.8 Å². The number of hydrogen-bond acceptors (Lipinski definition) is 2. The molecule has 0 bridgehead atoms. The van der Waals surface area contributed by atoms with E-state index in [-0.39, 0.29) is 11.9 Å². The molecule has 1 aromatic carbocycles. The maximum Gasteiger partial charge on any atom is 0.126 e. The van der Waals surface area contributed by atoms with Crippen molar-refractivity contribution < 1.29 is 4.39 Å². The molecule has 2 atom stereocenters. The Balaban J connectivity index is 2.73.